The van der Waals surface area contributed by atoms with Gasteiger partial charge >= 0.3 is 0 Å². The molecule has 2 aromatic rings. The maximum absolute atomic E-state index is 6.01. The minimum absolute atomic E-state index is 0.339. The van der Waals surface area contributed by atoms with E-state index in [0.29, 0.717) is 0 Å². The van der Waals surface area contributed by atoms with Crippen LogP contribution in [0.5, 0.6) is 0 Å². The Morgan fingerprint density at radius 1 is 1.33 bits per heavy atom. The molecule has 2 nitrogen and oxygen atoms in total. The lowest BCUT2D eigenvalue weighted by atomic mass is 10.1. The Bertz CT molecular complexity index is 463. The van der Waals surface area contributed by atoms with Gasteiger partial charge in [0.2, 0.25) is 0 Å². The Balaban J connectivity index is 2.41. The first-order chi connectivity index (χ1) is 6.98. The van der Waals surface area contributed by atoms with Crippen molar-refractivity contribution in [3.8, 4) is 10.6 Å². The summed E-state index contributed by atoms with van der Waals surface area (Å²) in [5.74, 6) is 0. The van der Waals surface area contributed by atoms with Crippen molar-refractivity contribution in [1.29, 1.82) is 0 Å². The van der Waals surface area contributed by atoms with Gasteiger partial charge in [-0.05, 0) is 37.8 Å². The zero-order valence-corrected chi connectivity index (χ0v) is 10.7. The van der Waals surface area contributed by atoms with Crippen LogP contribution >= 0.6 is 22.7 Å². The van der Waals surface area contributed by atoms with Gasteiger partial charge in [0.05, 0.1) is 16.1 Å². The highest BCUT2D eigenvalue weighted by molar-refractivity contribution is 7.14. The minimum Gasteiger partial charge on any atom is -0.320 e. The maximum Gasteiger partial charge on any atom is 0.113 e. The van der Waals surface area contributed by atoms with Crippen LogP contribution in [-0.2, 0) is 5.54 Å². The lowest BCUT2D eigenvalue weighted by Crippen LogP contribution is -2.28. The Hall–Kier alpha value is -0.710. The number of hydrogen-bond acceptors (Lipinski definition) is 4. The largest absolute Gasteiger partial charge is 0.320 e. The molecule has 0 atom stereocenters. The maximum atomic E-state index is 6.01. The van der Waals surface area contributed by atoms with Gasteiger partial charge in [0.1, 0.15) is 5.01 Å². The van der Waals surface area contributed by atoms with E-state index in [2.05, 4.69) is 28.7 Å². The van der Waals surface area contributed by atoms with Crippen molar-refractivity contribution < 1.29 is 0 Å². The molecule has 2 rings (SSSR count). The summed E-state index contributed by atoms with van der Waals surface area (Å²) in [7, 11) is 0. The summed E-state index contributed by atoms with van der Waals surface area (Å²) in [5, 5.41) is 5.17. The van der Waals surface area contributed by atoms with Crippen LogP contribution in [-0.4, -0.2) is 4.98 Å². The number of hydrogen-bond donors (Lipinski definition) is 1. The van der Waals surface area contributed by atoms with E-state index in [4.69, 9.17) is 5.73 Å². The summed E-state index contributed by atoms with van der Waals surface area (Å²) < 4.78 is 0. The van der Waals surface area contributed by atoms with Crippen molar-refractivity contribution >= 4 is 22.7 Å². The SMILES string of the molecule is Cc1ccsc1-c1csc(C(C)(C)N)n1. The molecule has 0 bridgehead atoms. The van der Waals surface area contributed by atoms with Gasteiger partial charge in [-0.15, -0.1) is 22.7 Å². The molecule has 4 heteroatoms. The molecule has 2 N–H and O–H groups in total. The second-order valence-corrected chi connectivity index (χ2v) is 5.97. The van der Waals surface area contributed by atoms with Gasteiger partial charge in [0, 0.05) is 5.38 Å². The van der Waals surface area contributed by atoms with Crippen LogP contribution in [0.4, 0.5) is 0 Å². The normalized spacial score (nSPS) is 12.0. The van der Waals surface area contributed by atoms with Crippen LogP contribution in [0.25, 0.3) is 10.6 Å². The van der Waals surface area contributed by atoms with E-state index < -0.39 is 0 Å². The van der Waals surface area contributed by atoms with Crippen molar-refractivity contribution in [2.75, 3.05) is 0 Å². The van der Waals surface area contributed by atoms with Gasteiger partial charge in [0.25, 0.3) is 0 Å². The third-order valence-corrected chi connectivity index (χ3v) is 4.37. The van der Waals surface area contributed by atoms with Crippen molar-refractivity contribution in [1.82, 2.24) is 4.98 Å². The highest BCUT2D eigenvalue weighted by atomic mass is 32.1. The molecule has 0 aromatic carbocycles. The molecular formula is C11H14N2S2. The third-order valence-electron chi connectivity index (χ3n) is 2.15. The average Bonchev–Trinajstić information content (AvgIpc) is 2.69. The highest BCUT2D eigenvalue weighted by Crippen LogP contribution is 2.32. The van der Waals surface area contributed by atoms with Crippen LogP contribution in [0, 0.1) is 6.92 Å². The Kier molecular flexibility index (Phi) is 2.66. The van der Waals surface area contributed by atoms with E-state index in [9.17, 15) is 0 Å². The second kappa shape index (κ2) is 3.70. The summed E-state index contributed by atoms with van der Waals surface area (Å²) in [6.07, 6.45) is 0. The number of thiazole rings is 1. The van der Waals surface area contributed by atoms with Crippen molar-refractivity contribution in [2.24, 2.45) is 5.73 Å². The van der Waals surface area contributed by atoms with Crippen molar-refractivity contribution in [3.63, 3.8) is 0 Å². The summed E-state index contributed by atoms with van der Waals surface area (Å²) >= 11 is 3.36. The molecule has 0 aliphatic heterocycles. The molecule has 0 saturated carbocycles. The van der Waals surface area contributed by atoms with E-state index in [1.165, 1.54) is 10.4 Å². The zero-order chi connectivity index (χ0) is 11.1. The molecular weight excluding hydrogens is 224 g/mol. The number of nitrogens with zero attached hydrogens (tertiary/aromatic N) is 1. The smallest absolute Gasteiger partial charge is 0.113 e. The Labute approximate surface area is 97.8 Å². The van der Waals surface area contributed by atoms with Crippen LogP contribution in [0.1, 0.15) is 24.4 Å². The molecule has 0 saturated heterocycles. The lowest BCUT2D eigenvalue weighted by molar-refractivity contribution is 0.551. The molecule has 0 amide bonds. The predicted molar refractivity (Wildman–Crippen MR) is 67.4 cm³/mol. The fourth-order valence-corrected chi connectivity index (χ4v) is 3.12. The number of aromatic nitrogens is 1. The number of nitrogens with two attached hydrogens (primary N) is 1. The first-order valence-electron chi connectivity index (χ1n) is 4.78. The van der Waals surface area contributed by atoms with Gasteiger partial charge in [0.15, 0.2) is 0 Å². The van der Waals surface area contributed by atoms with Crippen LogP contribution in [0.15, 0.2) is 16.8 Å². The molecule has 0 spiro atoms. The fourth-order valence-electron chi connectivity index (χ4n) is 1.31. The molecule has 80 valence electrons. The Morgan fingerprint density at radius 3 is 2.53 bits per heavy atom. The second-order valence-electron chi connectivity index (χ2n) is 4.19. The number of aryl methyl sites for hydroxylation is 1. The predicted octanol–water partition coefficient (Wildman–Crippen LogP) is 3.37. The molecule has 2 aromatic heterocycles. The van der Waals surface area contributed by atoms with E-state index in [-0.39, 0.29) is 5.54 Å². The van der Waals surface area contributed by atoms with Crippen LogP contribution < -0.4 is 5.73 Å². The zero-order valence-electron chi connectivity index (χ0n) is 9.07. The quantitative estimate of drug-likeness (QED) is 0.871. The molecule has 0 radical (unpaired) electrons. The molecule has 15 heavy (non-hydrogen) atoms. The van der Waals surface area contributed by atoms with Gasteiger partial charge < -0.3 is 5.73 Å². The van der Waals surface area contributed by atoms with E-state index >= 15 is 0 Å². The monoisotopic (exact) mass is 238 g/mol. The third kappa shape index (κ3) is 2.12. The van der Waals surface area contributed by atoms with Gasteiger partial charge in [-0.3, -0.25) is 0 Å². The standard InChI is InChI=1S/C11H14N2S2/c1-7-4-5-14-9(7)8-6-15-10(13-8)11(2,3)12/h4-6H,12H2,1-3H3. The summed E-state index contributed by atoms with van der Waals surface area (Å²) in [4.78, 5) is 5.84. The summed E-state index contributed by atoms with van der Waals surface area (Å²) in [6.45, 7) is 6.08. The Morgan fingerprint density at radius 2 is 2.07 bits per heavy atom. The molecule has 0 aliphatic carbocycles. The average molecular weight is 238 g/mol. The highest BCUT2D eigenvalue weighted by Gasteiger charge is 2.19. The summed E-state index contributed by atoms with van der Waals surface area (Å²) in [5.41, 5.74) is 8.01. The van der Waals surface area contributed by atoms with Crippen molar-refractivity contribution in [3.05, 3.63) is 27.4 Å². The summed E-state index contributed by atoms with van der Waals surface area (Å²) in [6, 6.07) is 2.12. The molecule has 2 heterocycles. The number of thiophene rings is 1. The molecule has 0 unspecified atom stereocenters. The van der Waals surface area contributed by atoms with Gasteiger partial charge in [-0.1, -0.05) is 0 Å². The van der Waals surface area contributed by atoms with Gasteiger partial charge in [-0.25, -0.2) is 4.98 Å². The van der Waals surface area contributed by atoms with E-state index in [1.807, 2.05) is 13.8 Å². The first-order valence-corrected chi connectivity index (χ1v) is 6.54. The molecule has 0 fully saturated rings. The van der Waals surface area contributed by atoms with Crippen LogP contribution in [0.3, 0.4) is 0 Å². The fraction of sp³-hybridized carbons (Fsp3) is 0.364. The van der Waals surface area contributed by atoms with Gasteiger partial charge in [-0.2, -0.15) is 0 Å². The number of rotatable bonds is 2. The van der Waals surface area contributed by atoms with E-state index in [1.54, 1.807) is 22.7 Å². The van der Waals surface area contributed by atoms with Crippen molar-refractivity contribution in [2.45, 2.75) is 26.3 Å². The van der Waals surface area contributed by atoms with Crippen LogP contribution in [0.2, 0.25) is 0 Å². The minimum atomic E-state index is -0.339. The lowest BCUT2D eigenvalue weighted by Gasteiger charge is -2.13. The topological polar surface area (TPSA) is 38.9 Å². The van der Waals surface area contributed by atoms with E-state index in [0.717, 1.165) is 10.7 Å². The first kappa shape index (κ1) is 10.8. The molecule has 0 aliphatic rings.